The monoisotopic (exact) mass is 329 g/mol. The van der Waals surface area contributed by atoms with Gasteiger partial charge in [0.25, 0.3) is 0 Å². The largest absolute Gasteiger partial charge is 0.330 e. The molecule has 0 aliphatic carbocycles. The Balaban J connectivity index is 2.10. The lowest BCUT2D eigenvalue weighted by molar-refractivity contribution is -0.128. The third kappa shape index (κ3) is 5.32. The molecule has 0 radical (unpaired) electrons. The van der Waals surface area contributed by atoms with E-state index in [9.17, 15) is 4.79 Å². The van der Waals surface area contributed by atoms with Crippen LogP contribution in [0.1, 0.15) is 22.4 Å². The average molecular weight is 329 g/mol. The van der Waals surface area contributed by atoms with Gasteiger partial charge in [0, 0.05) is 11.0 Å². The maximum atomic E-state index is 12.5. The Bertz CT molecular complexity index is 635. The molecule has 23 heavy (non-hydrogen) atoms. The van der Waals surface area contributed by atoms with Crippen molar-refractivity contribution in [3.63, 3.8) is 0 Å². The SMILES string of the molecule is Cc1ccc(/C=C/C(=O)N(Cc2cccs2)C(N)CCN)cc1. The summed E-state index contributed by atoms with van der Waals surface area (Å²) in [7, 11) is 0. The highest BCUT2D eigenvalue weighted by molar-refractivity contribution is 7.09. The van der Waals surface area contributed by atoms with Gasteiger partial charge in [-0.25, -0.2) is 0 Å². The molecule has 2 rings (SSSR count). The van der Waals surface area contributed by atoms with Crippen molar-refractivity contribution in [2.24, 2.45) is 11.5 Å². The summed E-state index contributed by atoms with van der Waals surface area (Å²) in [6, 6.07) is 12.0. The van der Waals surface area contributed by atoms with Gasteiger partial charge >= 0.3 is 0 Å². The van der Waals surface area contributed by atoms with Crippen molar-refractivity contribution in [3.8, 4) is 0 Å². The van der Waals surface area contributed by atoms with Crippen molar-refractivity contribution in [2.75, 3.05) is 6.54 Å². The molecule has 1 aromatic carbocycles. The van der Waals surface area contributed by atoms with Crippen molar-refractivity contribution in [2.45, 2.75) is 26.1 Å². The topological polar surface area (TPSA) is 72.3 Å². The van der Waals surface area contributed by atoms with E-state index >= 15 is 0 Å². The van der Waals surface area contributed by atoms with Crippen LogP contribution in [-0.4, -0.2) is 23.5 Å². The number of amides is 1. The number of nitrogens with zero attached hydrogens (tertiary/aromatic N) is 1. The van der Waals surface area contributed by atoms with E-state index < -0.39 is 0 Å². The molecule has 1 aromatic heterocycles. The predicted molar refractivity (Wildman–Crippen MR) is 96.7 cm³/mol. The van der Waals surface area contributed by atoms with E-state index in [0.717, 1.165) is 10.4 Å². The van der Waals surface area contributed by atoms with Crippen molar-refractivity contribution >= 4 is 23.3 Å². The van der Waals surface area contributed by atoms with E-state index in [1.165, 1.54) is 5.56 Å². The summed E-state index contributed by atoms with van der Waals surface area (Å²) in [5.41, 5.74) is 13.9. The molecule has 0 aliphatic heterocycles. The van der Waals surface area contributed by atoms with Crippen molar-refractivity contribution in [1.29, 1.82) is 0 Å². The zero-order valence-corrected chi connectivity index (χ0v) is 14.1. The smallest absolute Gasteiger partial charge is 0.248 e. The number of rotatable bonds is 7. The number of nitrogens with two attached hydrogens (primary N) is 2. The molecule has 5 heteroatoms. The molecule has 1 atom stereocenters. The highest BCUT2D eigenvalue weighted by Crippen LogP contribution is 2.15. The van der Waals surface area contributed by atoms with E-state index in [1.807, 2.05) is 54.8 Å². The molecule has 2 aromatic rings. The van der Waals surface area contributed by atoms with Crippen molar-refractivity contribution < 1.29 is 4.79 Å². The predicted octanol–water partition coefficient (Wildman–Crippen LogP) is 2.73. The molecule has 0 bridgehead atoms. The van der Waals surface area contributed by atoms with E-state index in [1.54, 1.807) is 22.3 Å². The molecular formula is C18H23N3OS. The molecule has 0 saturated heterocycles. The fourth-order valence-corrected chi connectivity index (χ4v) is 2.90. The van der Waals surface area contributed by atoms with Gasteiger partial charge < -0.3 is 16.4 Å². The lowest BCUT2D eigenvalue weighted by atomic mass is 10.1. The lowest BCUT2D eigenvalue weighted by Crippen LogP contribution is -2.45. The minimum absolute atomic E-state index is 0.0973. The molecule has 122 valence electrons. The minimum atomic E-state index is -0.378. The van der Waals surface area contributed by atoms with Gasteiger partial charge in [0.05, 0.1) is 12.7 Å². The second-order valence-corrected chi connectivity index (χ2v) is 6.47. The standard InChI is InChI=1S/C18H23N3OS/c1-14-4-6-15(7-5-14)8-9-18(22)21(17(20)10-11-19)13-16-3-2-12-23-16/h2-9,12,17H,10-11,13,19-20H2,1H3/b9-8+. The van der Waals surface area contributed by atoms with Crippen LogP contribution < -0.4 is 11.5 Å². The van der Waals surface area contributed by atoms with Gasteiger partial charge in [0.1, 0.15) is 0 Å². The van der Waals surface area contributed by atoms with Gasteiger partial charge in [-0.1, -0.05) is 35.9 Å². The van der Waals surface area contributed by atoms with Crippen LogP contribution in [0.5, 0.6) is 0 Å². The fraction of sp³-hybridized carbons (Fsp3) is 0.278. The van der Waals surface area contributed by atoms with Gasteiger partial charge in [-0.3, -0.25) is 4.79 Å². The maximum absolute atomic E-state index is 12.5. The molecule has 0 aliphatic rings. The number of hydrogen-bond acceptors (Lipinski definition) is 4. The van der Waals surface area contributed by atoms with Crippen LogP contribution >= 0.6 is 11.3 Å². The molecular weight excluding hydrogens is 306 g/mol. The molecule has 0 fully saturated rings. The van der Waals surface area contributed by atoms with Crippen LogP contribution in [0.2, 0.25) is 0 Å². The summed E-state index contributed by atoms with van der Waals surface area (Å²) < 4.78 is 0. The first-order chi connectivity index (χ1) is 11.1. The Morgan fingerprint density at radius 3 is 2.65 bits per heavy atom. The third-order valence-electron chi connectivity index (χ3n) is 3.55. The van der Waals surface area contributed by atoms with Crippen molar-refractivity contribution in [1.82, 2.24) is 4.90 Å². The minimum Gasteiger partial charge on any atom is -0.330 e. The molecule has 0 spiro atoms. The Hall–Kier alpha value is -1.95. The summed E-state index contributed by atoms with van der Waals surface area (Å²) in [6.07, 6.45) is 3.60. The second kappa shape index (κ2) is 8.62. The van der Waals surface area contributed by atoms with E-state index in [2.05, 4.69) is 0 Å². The second-order valence-electron chi connectivity index (χ2n) is 5.43. The Labute approximate surface area is 141 Å². The van der Waals surface area contributed by atoms with Crippen LogP contribution in [0.25, 0.3) is 6.08 Å². The highest BCUT2D eigenvalue weighted by atomic mass is 32.1. The quantitative estimate of drug-likeness (QED) is 0.606. The summed E-state index contributed by atoms with van der Waals surface area (Å²) >= 11 is 1.62. The third-order valence-corrected chi connectivity index (χ3v) is 4.41. The lowest BCUT2D eigenvalue weighted by Gasteiger charge is -2.27. The number of thiophene rings is 1. The van der Waals surface area contributed by atoms with Crippen LogP contribution in [0, 0.1) is 6.92 Å². The number of carbonyl (C=O) groups is 1. The number of aryl methyl sites for hydroxylation is 1. The Morgan fingerprint density at radius 2 is 2.04 bits per heavy atom. The van der Waals surface area contributed by atoms with Gasteiger partial charge in [-0.2, -0.15) is 0 Å². The van der Waals surface area contributed by atoms with Crippen LogP contribution in [-0.2, 0) is 11.3 Å². The molecule has 4 N–H and O–H groups in total. The number of hydrogen-bond donors (Lipinski definition) is 2. The zero-order valence-electron chi connectivity index (χ0n) is 13.3. The van der Waals surface area contributed by atoms with Crippen LogP contribution in [0.15, 0.2) is 47.9 Å². The van der Waals surface area contributed by atoms with Gasteiger partial charge in [-0.05, 0) is 43.0 Å². The summed E-state index contributed by atoms with van der Waals surface area (Å²) in [4.78, 5) is 15.3. The van der Waals surface area contributed by atoms with E-state index in [4.69, 9.17) is 11.5 Å². The first-order valence-electron chi connectivity index (χ1n) is 7.63. The maximum Gasteiger partial charge on any atom is 0.248 e. The average Bonchev–Trinajstić information content (AvgIpc) is 3.05. The summed E-state index contributed by atoms with van der Waals surface area (Å²) in [6.45, 7) is 3.00. The molecule has 1 amide bonds. The molecule has 1 unspecified atom stereocenters. The Morgan fingerprint density at radius 1 is 1.30 bits per heavy atom. The Kier molecular flexibility index (Phi) is 6.52. The summed E-state index contributed by atoms with van der Waals surface area (Å²) in [5, 5.41) is 1.99. The summed E-state index contributed by atoms with van der Waals surface area (Å²) in [5.74, 6) is -0.0973. The molecule has 4 nitrogen and oxygen atoms in total. The fourth-order valence-electron chi connectivity index (χ4n) is 2.20. The molecule has 1 heterocycles. The normalized spacial score (nSPS) is 12.5. The molecule has 0 saturated carbocycles. The van der Waals surface area contributed by atoms with Gasteiger partial charge in [-0.15, -0.1) is 11.3 Å². The first kappa shape index (κ1) is 17.4. The highest BCUT2D eigenvalue weighted by Gasteiger charge is 2.18. The number of carbonyl (C=O) groups excluding carboxylic acids is 1. The van der Waals surface area contributed by atoms with Gasteiger partial charge in [0.15, 0.2) is 0 Å². The van der Waals surface area contributed by atoms with Gasteiger partial charge in [0.2, 0.25) is 5.91 Å². The zero-order chi connectivity index (χ0) is 16.7. The van der Waals surface area contributed by atoms with Crippen LogP contribution in [0.4, 0.5) is 0 Å². The number of benzene rings is 1. The van der Waals surface area contributed by atoms with Crippen molar-refractivity contribution in [3.05, 3.63) is 63.9 Å². The van der Waals surface area contributed by atoms with E-state index in [-0.39, 0.29) is 12.1 Å². The van der Waals surface area contributed by atoms with Crippen LogP contribution in [0.3, 0.4) is 0 Å². The van der Waals surface area contributed by atoms with E-state index in [0.29, 0.717) is 19.5 Å². The first-order valence-corrected chi connectivity index (χ1v) is 8.51.